The third-order valence-electron chi connectivity index (χ3n) is 10.5. The van der Waals surface area contributed by atoms with E-state index in [0.717, 1.165) is 4.90 Å². The molecule has 2 rings (SSSR count). The number of carbonyl (C=O) groups excluding carboxylic acids is 7. The number of likely N-dealkylation sites (tertiary alicyclic amines) is 1. The highest BCUT2D eigenvalue weighted by Gasteiger charge is 2.40. The Bertz CT molecular complexity index is 2020. The molecule has 27 heteroatoms. The van der Waals surface area contributed by atoms with Crippen LogP contribution in [0.1, 0.15) is 77.2 Å². The number of carboxylic acids is 4. The van der Waals surface area contributed by atoms with Gasteiger partial charge in [-0.25, -0.2) is 4.79 Å². The number of aliphatic hydroxyl groups is 1. The zero-order valence-electron chi connectivity index (χ0n) is 38.1. The molecule has 17 N–H and O–H groups in total. The molecule has 0 saturated carbocycles. The fourth-order valence-corrected chi connectivity index (χ4v) is 7.07. The van der Waals surface area contributed by atoms with Gasteiger partial charge in [0.25, 0.3) is 0 Å². The van der Waals surface area contributed by atoms with Gasteiger partial charge in [-0.3, -0.25) is 53.4 Å². The number of hydrogen-bond donors (Lipinski definition) is 15. The third-order valence-corrected chi connectivity index (χ3v) is 10.5. The summed E-state index contributed by atoms with van der Waals surface area (Å²) in [6.45, 7) is 2.44. The van der Waals surface area contributed by atoms with E-state index < -0.39 is 152 Å². The fourth-order valence-electron chi connectivity index (χ4n) is 7.07. The van der Waals surface area contributed by atoms with Crippen molar-refractivity contribution in [2.75, 3.05) is 19.7 Å². The standard InChI is InChI=1S/C42H63N11O16/c1-21(2)16-28(41(68)69)51-38(65)29(20-54)52-39(66)30-11-7-15-53(30)40(67)25(12-13-31(55)56)48-36(63)26(17-22-8-4-3-5-9-22)49-37(64)27(19-33(59)60)50-35(62)24(10-6-14-46-42(44)45)47-34(61)23(43)18-32(57)58/h3-5,8-9,21,23-30,54H,6-7,10-20,43H2,1-2H3,(H,47,61)(H,48,63)(H,49,64)(H,50,62)(H,51,65)(H,52,66)(H,55,56)(H,57,58)(H,59,60)(H,68,69)(H4,44,45,46)/t23-,24-,25-,26-,27-,28-,29-,30-/m0/s1. The van der Waals surface area contributed by atoms with Crippen LogP contribution >= 0.6 is 0 Å². The molecule has 1 fully saturated rings. The van der Waals surface area contributed by atoms with Crippen molar-refractivity contribution in [1.29, 1.82) is 5.41 Å². The van der Waals surface area contributed by atoms with Crippen LogP contribution in [0.5, 0.6) is 0 Å². The molecule has 1 aromatic carbocycles. The molecule has 69 heavy (non-hydrogen) atoms. The number of benzene rings is 1. The van der Waals surface area contributed by atoms with Crippen LogP contribution in [0.4, 0.5) is 0 Å². The maximum atomic E-state index is 14.2. The number of nitrogens with two attached hydrogens (primary N) is 2. The molecule has 1 aliphatic heterocycles. The minimum absolute atomic E-state index is 0.0190. The molecule has 0 radical (unpaired) electrons. The van der Waals surface area contributed by atoms with Crippen molar-refractivity contribution >= 4 is 71.2 Å². The average molecular weight is 978 g/mol. The first kappa shape index (κ1) is 57.7. The number of guanidine groups is 1. The highest BCUT2D eigenvalue weighted by atomic mass is 16.4. The van der Waals surface area contributed by atoms with Gasteiger partial charge >= 0.3 is 23.9 Å². The Morgan fingerprint density at radius 2 is 1.25 bits per heavy atom. The Morgan fingerprint density at radius 3 is 1.81 bits per heavy atom. The Kier molecular flexibility index (Phi) is 24.0. The van der Waals surface area contributed by atoms with Gasteiger partial charge in [0.05, 0.1) is 25.5 Å². The summed E-state index contributed by atoms with van der Waals surface area (Å²) >= 11 is 0. The van der Waals surface area contributed by atoms with Crippen molar-refractivity contribution in [3.8, 4) is 0 Å². The zero-order chi connectivity index (χ0) is 52.0. The van der Waals surface area contributed by atoms with Crippen LogP contribution in [-0.4, -0.2) is 170 Å². The van der Waals surface area contributed by atoms with Crippen LogP contribution in [0.2, 0.25) is 0 Å². The third kappa shape index (κ3) is 20.5. The smallest absolute Gasteiger partial charge is 0.326 e. The second kappa shape index (κ2) is 28.7. The predicted molar refractivity (Wildman–Crippen MR) is 239 cm³/mol. The maximum absolute atomic E-state index is 14.2. The SMILES string of the molecule is CC(C)C[C@H](NC(=O)[C@H](CO)NC(=O)[C@@H]1CCCN1C(=O)[C@H](CCC(=O)O)NC(=O)[C@H](Cc1ccccc1)NC(=O)[C@H](CC(=O)O)NC(=O)[C@H](CCCNC(=N)N)NC(=O)[C@@H](N)CC(=O)O)C(=O)O. The number of aliphatic carboxylic acids is 4. The molecule has 8 atom stereocenters. The van der Waals surface area contributed by atoms with E-state index in [1.54, 1.807) is 44.2 Å². The Labute approximate surface area is 395 Å². The quantitative estimate of drug-likeness (QED) is 0.0197. The summed E-state index contributed by atoms with van der Waals surface area (Å²) in [4.78, 5) is 143. The summed E-state index contributed by atoms with van der Waals surface area (Å²) in [6.07, 6.45) is -3.28. The van der Waals surface area contributed by atoms with E-state index in [4.69, 9.17) is 22.0 Å². The van der Waals surface area contributed by atoms with Crippen molar-refractivity contribution < 1.29 is 78.3 Å². The normalized spacial score (nSPS) is 16.2. The summed E-state index contributed by atoms with van der Waals surface area (Å²) in [5, 5.41) is 71.6. The van der Waals surface area contributed by atoms with Gasteiger partial charge in [0.2, 0.25) is 41.4 Å². The molecule has 1 saturated heterocycles. The molecule has 0 aromatic heterocycles. The van der Waals surface area contributed by atoms with E-state index in [9.17, 15) is 73.2 Å². The van der Waals surface area contributed by atoms with Crippen molar-refractivity contribution in [3.05, 3.63) is 35.9 Å². The molecule has 27 nitrogen and oxygen atoms in total. The first-order valence-electron chi connectivity index (χ1n) is 21.9. The number of carboxylic acid groups (broad SMARTS) is 4. The lowest BCUT2D eigenvalue weighted by Gasteiger charge is -2.31. The minimum atomic E-state index is -1.94. The van der Waals surface area contributed by atoms with Gasteiger partial charge in [-0.2, -0.15) is 0 Å². The number of aliphatic hydroxyl groups excluding tert-OH is 1. The van der Waals surface area contributed by atoms with Crippen LogP contribution in [-0.2, 0) is 59.2 Å². The monoisotopic (exact) mass is 977 g/mol. The van der Waals surface area contributed by atoms with E-state index >= 15 is 0 Å². The van der Waals surface area contributed by atoms with E-state index in [2.05, 4.69) is 37.2 Å². The second-order valence-corrected chi connectivity index (χ2v) is 16.6. The lowest BCUT2D eigenvalue weighted by atomic mass is 10.0. The first-order chi connectivity index (χ1) is 32.4. The largest absolute Gasteiger partial charge is 0.481 e. The van der Waals surface area contributed by atoms with E-state index in [0.29, 0.717) is 5.56 Å². The van der Waals surface area contributed by atoms with Crippen LogP contribution in [0.15, 0.2) is 30.3 Å². The maximum Gasteiger partial charge on any atom is 0.326 e. The van der Waals surface area contributed by atoms with Crippen molar-refractivity contribution in [1.82, 2.24) is 42.1 Å². The lowest BCUT2D eigenvalue weighted by molar-refractivity contribution is -0.145. The van der Waals surface area contributed by atoms with Gasteiger partial charge in [-0.15, -0.1) is 0 Å². The zero-order valence-corrected chi connectivity index (χ0v) is 38.1. The summed E-state index contributed by atoms with van der Waals surface area (Å²) in [6, 6.07) is -4.71. The lowest BCUT2D eigenvalue weighted by Crippen LogP contribution is -2.60. The molecule has 382 valence electrons. The molecule has 1 aliphatic rings. The molecular weight excluding hydrogens is 915 g/mol. The number of nitrogens with one attached hydrogen (secondary N) is 8. The highest BCUT2D eigenvalue weighted by Crippen LogP contribution is 2.21. The number of carbonyl (C=O) groups is 11. The highest BCUT2D eigenvalue weighted by molar-refractivity contribution is 5.99. The first-order valence-corrected chi connectivity index (χ1v) is 21.9. The van der Waals surface area contributed by atoms with Crippen LogP contribution in [0.3, 0.4) is 0 Å². The minimum Gasteiger partial charge on any atom is -0.481 e. The van der Waals surface area contributed by atoms with E-state index in [1.165, 1.54) is 0 Å². The molecule has 0 bridgehead atoms. The second-order valence-electron chi connectivity index (χ2n) is 16.6. The summed E-state index contributed by atoms with van der Waals surface area (Å²) in [5.41, 5.74) is 11.4. The Hall–Kier alpha value is -7.42. The topological polar surface area (TPSA) is 452 Å². The number of rotatable bonds is 30. The molecule has 0 aliphatic carbocycles. The van der Waals surface area contributed by atoms with Gasteiger partial charge in [0.1, 0.15) is 42.3 Å². The number of nitrogens with zero attached hydrogens (tertiary/aromatic N) is 1. The average Bonchev–Trinajstić information content (AvgIpc) is 3.77. The van der Waals surface area contributed by atoms with E-state index in [1.807, 2.05) is 0 Å². The van der Waals surface area contributed by atoms with Crippen molar-refractivity contribution in [2.45, 2.75) is 126 Å². The molecule has 7 amide bonds. The van der Waals surface area contributed by atoms with Crippen LogP contribution < -0.4 is 48.7 Å². The molecule has 1 heterocycles. The number of amides is 7. The van der Waals surface area contributed by atoms with Crippen LogP contribution in [0, 0.1) is 11.3 Å². The molecular formula is C42H63N11O16. The van der Waals surface area contributed by atoms with E-state index in [-0.39, 0.29) is 57.5 Å². The Morgan fingerprint density at radius 1 is 0.696 bits per heavy atom. The Balaban J connectivity index is 2.43. The van der Waals surface area contributed by atoms with Gasteiger partial charge in [0.15, 0.2) is 5.96 Å². The van der Waals surface area contributed by atoms with Gasteiger partial charge in [0, 0.05) is 25.9 Å². The van der Waals surface area contributed by atoms with Gasteiger partial charge in [-0.1, -0.05) is 44.2 Å². The predicted octanol–water partition coefficient (Wildman–Crippen LogP) is -4.34. The summed E-state index contributed by atoms with van der Waals surface area (Å²) < 4.78 is 0. The van der Waals surface area contributed by atoms with Crippen molar-refractivity contribution in [2.24, 2.45) is 17.4 Å². The summed E-state index contributed by atoms with van der Waals surface area (Å²) in [5.74, 6) is -13.7. The van der Waals surface area contributed by atoms with Crippen LogP contribution in [0.25, 0.3) is 0 Å². The fraction of sp³-hybridized carbons (Fsp3) is 0.571. The molecule has 1 aromatic rings. The van der Waals surface area contributed by atoms with Gasteiger partial charge in [-0.05, 0) is 50.0 Å². The molecule has 0 spiro atoms. The molecule has 0 unspecified atom stereocenters. The van der Waals surface area contributed by atoms with Gasteiger partial charge < -0.3 is 79.1 Å². The van der Waals surface area contributed by atoms with Crippen molar-refractivity contribution in [3.63, 3.8) is 0 Å². The number of hydrogen-bond acceptors (Lipinski definition) is 14. The summed E-state index contributed by atoms with van der Waals surface area (Å²) in [7, 11) is 0.